The molecule has 0 aliphatic heterocycles. The fraction of sp³-hybridized carbons (Fsp3) is 0.469. The summed E-state index contributed by atoms with van der Waals surface area (Å²) in [5.41, 5.74) is 2.24. The lowest BCUT2D eigenvalue weighted by molar-refractivity contribution is 0.0697. The van der Waals surface area contributed by atoms with Gasteiger partial charge in [0.05, 0.1) is 18.8 Å². The van der Waals surface area contributed by atoms with E-state index in [0.717, 1.165) is 64.0 Å². The molecule has 2 aromatic carbocycles. The van der Waals surface area contributed by atoms with Gasteiger partial charge in [-0.1, -0.05) is 84.6 Å². The number of hydrogen-bond donors (Lipinski definition) is 4. The molecule has 40 heavy (non-hydrogen) atoms. The van der Waals surface area contributed by atoms with Crippen LogP contribution in [-0.4, -0.2) is 60.8 Å². The summed E-state index contributed by atoms with van der Waals surface area (Å²) in [7, 11) is 0. The zero-order chi connectivity index (χ0) is 29.1. The van der Waals surface area contributed by atoms with Gasteiger partial charge in [0.15, 0.2) is 0 Å². The number of aliphatic hydroxyl groups excluding tert-OH is 2. The first-order valence-corrected chi connectivity index (χ1v) is 14.7. The highest BCUT2D eigenvalue weighted by atomic mass is 35.5. The largest absolute Gasteiger partial charge is 0.478 e. The number of aryl methyl sites for hydroxylation is 1. The fourth-order valence-electron chi connectivity index (χ4n) is 4.46. The van der Waals surface area contributed by atoms with Crippen LogP contribution in [0.15, 0.2) is 72.3 Å². The lowest BCUT2D eigenvalue weighted by atomic mass is 9.79. The standard InChI is InChI=1S/C25H39NO3.C7H4Cl2O2/c27-20-24-14-10-15-25(19-24,22-28)21-26-16-7-1-2-8-17-29-18-9-6-13-23-11-4-3-5-12-23;8-5-1-4(7(10)11)2-6(9)3-5/h3-5,10-12,14-15,26-28H,1-2,6-9,13,16-22H2;1-3H,(H,10,11). The third kappa shape index (κ3) is 13.9. The van der Waals surface area contributed by atoms with Gasteiger partial charge in [-0.15, -0.1) is 0 Å². The maximum atomic E-state index is 10.4. The molecule has 0 aromatic heterocycles. The van der Waals surface area contributed by atoms with Crippen molar-refractivity contribution in [3.63, 3.8) is 0 Å². The van der Waals surface area contributed by atoms with E-state index < -0.39 is 5.97 Å². The number of carbonyl (C=O) groups is 1. The van der Waals surface area contributed by atoms with Crippen molar-refractivity contribution in [3.05, 3.63) is 93.5 Å². The van der Waals surface area contributed by atoms with E-state index in [2.05, 4.69) is 41.7 Å². The van der Waals surface area contributed by atoms with Gasteiger partial charge in [0.2, 0.25) is 0 Å². The number of aromatic carboxylic acids is 1. The molecule has 0 fully saturated rings. The number of carboxylic acid groups (broad SMARTS) is 1. The molecule has 0 bridgehead atoms. The highest BCUT2D eigenvalue weighted by Gasteiger charge is 2.28. The van der Waals surface area contributed by atoms with Crippen LogP contribution < -0.4 is 5.32 Å². The van der Waals surface area contributed by atoms with E-state index in [1.54, 1.807) is 0 Å². The topological polar surface area (TPSA) is 99.0 Å². The van der Waals surface area contributed by atoms with Crippen molar-refractivity contribution in [2.24, 2.45) is 5.41 Å². The van der Waals surface area contributed by atoms with Crippen LogP contribution in [0.1, 0.15) is 60.9 Å². The average Bonchev–Trinajstić information content (AvgIpc) is 2.96. The van der Waals surface area contributed by atoms with Gasteiger partial charge >= 0.3 is 5.97 Å². The van der Waals surface area contributed by atoms with Crippen molar-refractivity contribution in [1.82, 2.24) is 5.32 Å². The number of hydrogen-bond acceptors (Lipinski definition) is 5. The molecule has 8 heteroatoms. The van der Waals surface area contributed by atoms with E-state index in [1.165, 1.54) is 43.0 Å². The third-order valence-corrected chi connectivity index (χ3v) is 7.14. The van der Waals surface area contributed by atoms with E-state index >= 15 is 0 Å². The molecule has 0 spiro atoms. The zero-order valence-electron chi connectivity index (χ0n) is 23.2. The van der Waals surface area contributed by atoms with Crippen LogP contribution in [0.2, 0.25) is 10.0 Å². The van der Waals surface area contributed by atoms with E-state index in [9.17, 15) is 15.0 Å². The summed E-state index contributed by atoms with van der Waals surface area (Å²) in [4.78, 5) is 10.4. The summed E-state index contributed by atoms with van der Waals surface area (Å²) in [6.07, 6.45) is 14.8. The van der Waals surface area contributed by atoms with E-state index in [0.29, 0.717) is 10.0 Å². The first kappa shape index (κ1) is 34.0. The smallest absolute Gasteiger partial charge is 0.335 e. The van der Waals surface area contributed by atoms with Crippen molar-refractivity contribution >= 4 is 29.2 Å². The second kappa shape index (κ2) is 19.8. The van der Waals surface area contributed by atoms with Crippen LogP contribution >= 0.6 is 23.2 Å². The number of allylic oxidation sites excluding steroid dienone is 2. The van der Waals surface area contributed by atoms with E-state index in [1.807, 2.05) is 12.2 Å². The van der Waals surface area contributed by atoms with E-state index in [-0.39, 0.29) is 24.2 Å². The predicted molar refractivity (Wildman–Crippen MR) is 163 cm³/mol. The third-order valence-electron chi connectivity index (χ3n) is 6.70. The van der Waals surface area contributed by atoms with Gasteiger partial charge in [-0.2, -0.15) is 0 Å². The van der Waals surface area contributed by atoms with Crippen LogP contribution in [0.4, 0.5) is 0 Å². The zero-order valence-corrected chi connectivity index (χ0v) is 24.7. The minimum atomic E-state index is -1.03. The van der Waals surface area contributed by atoms with Gasteiger partial charge in [0.25, 0.3) is 0 Å². The first-order chi connectivity index (χ1) is 19.4. The Kier molecular flexibility index (Phi) is 16.8. The SMILES string of the molecule is O=C(O)c1cc(Cl)cc(Cl)c1.OCC1=CC=CC(CO)(CNCCCCCCOCCCCc2ccccc2)C1. The number of rotatable bonds is 17. The maximum absolute atomic E-state index is 10.4. The molecule has 0 saturated carbocycles. The molecule has 0 amide bonds. The molecule has 1 aliphatic carbocycles. The molecule has 0 radical (unpaired) electrons. The van der Waals surface area contributed by atoms with Gasteiger partial charge < -0.3 is 25.4 Å². The molecule has 0 heterocycles. The number of carboxylic acids is 1. The molecule has 2 aromatic rings. The van der Waals surface area contributed by atoms with Gasteiger partial charge in [0.1, 0.15) is 0 Å². The summed E-state index contributed by atoms with van der Waals surface area (Å²) in [5.74, 6) is -1.03. The van der Waals surface area contributed by atoms with Crippen LogP contribution in [0.3, 0.4) is 0 Å². The number of unbranched alkanes of at least 4 members (excludes halogenated alkanes) is 4. The van der Waals surface area contributed by atoms with Crippen LogP contribution in [0, 0.1) is 5.41 Å². The summed E-state index contributed by atoms with van der Waals surface area (Å²) in [6.45, 7) is 3.64. The van der Waals surface area contributed by atoms with E-state index in [4.69, 9.17) is 33.0 Å². The summed E-state index contributed by atoms with van der Waals surface area (Å²) >= 11 is 11.1. The Balaban J connectivity index is 0.000000425. The Bertz CT molecular complexity index is 1040. The monoisotopic (exact) mass is 591 g/mol. The normalized spacial score (nSPS) is 16.2. The van der Waals surface area contributed by atoms with Crippen molar-refractivity contribution in [3.8, 4) is 0 Å². The Hall–Kier alpha value is -2.19. The molecule has 6 nitrogen and oxygen atoms in total. The van der Waals surface area contributed by atoms with Crippen LogP contribution in [-0.2, 0) is 11.2 Å². The quantitative estimate of drug-likeness (QED) is 0.152. The first-order valence-electron chi connectivity index (χ1n) is 14.0. The van der Waals surface area contributed by atoms with Gasteiger partial charge in [-0.25, -0.2) is 4.79 Å². The molecule has 3 rings (SSSR count). The molecule has 4 N–H and O–H groups in total. The minimum Gasteiger partial charge on any atom is -0.478 e. The van der Waals surface area contributed by atoms with Crippen LogP contribution in [0.25, 0.3) is 0 Å². The van der Waals surface area contributed by atoms with Gasteiger partial charge in [-0.3, -0.25) is 0 Å². The van der Waals surface area contributed by atoms with Crippen molar-refractivity contribution in [1.29, 1.82) is 0 Å². The highest BCUT2D eigenvalue weighted by Crippen LogP contribution is 2.30. The van der Waals surface area contributed by atoms with Crippen LogP contribution in [0.5, 0.6) is 0 Å². The summed E-state index contributed by atoms with van der Waals surface area (Å²) in [6, 6.07) is 14.8. The number of ether oxygens (including phenoxy) is 1. The molecular weight excluding hydrogens is 549 g/mol. The lowest BCUT2D eigenvalue weighted by Gasteiger charge is -2.32. The Labute approximate surface area is 248 Å². The molecule has 1 atom stereocenters. The number of nitrogens with one attached hydrogen (secondary N) is 1. The lowest BCUT2D eigenvalue weighted by Crippen LogP contribution is -2.37. The molecule has 1 unspecified atom stereocenters. The molecule has 1 aliphatic rings. The Morgan fingerprint density at radius 3 is 2.25 bits per heavy atom. The summed E-state index contributed by atoms with van der Waals surface area (Å²) in [5, 5.41) is 31.8. The summed E-state index contributed by atoms with van der Waals surface area (Å²) < 4.78 is 5.75. The average molecular weight is 593 g/mol. The Morgan fingerprint density at radius 1 is 0.925 bits per heavy atom. The number of halogens is 2. The maximum Gasteiger partial charge on any atom is 0.335 e. The van der Waals surface area contributed by atoms with Gasteiger partial charge in [0, 0.05) is 35.2 Å². The van der Waals surface area contributed by atoms with Gasteiger partial charge in [-0.05, 0) is 74.4 Å². The van der Waals surface area contributed by atoms with Crippen molar-refractivity contribution < 1.29 is 24.9 Å². The minimum absolute atomic E-state index is 0.0706. The number of benzene rings is 2. The van der Waals surface area contributed by atoms with Crippen molar-refractivity contribution in [2.75, 3.05) is 39.5 Å². The van der Waals surface area contributed by atoms with Crippen molar-refractivity contribution in [2.45, 2.75) is 51.4 Å². The highest BCUT2D eigenvalue weighted by molar-refractivity contribution is 6.35. The molecule has 0 saturated heterocycles. The Morgan fingerprint density at radius 2 is 1.60 bits per heavy atom. The number of aliphatic hydroxyl groups is 2. The second-order valence-corrected chi connectivity index (χ2v) is 11.0. The fourth-order valence-corrected chi connectivity index (χ4v) is 4.98. The molecular formula is C32H43Cl2NO5. The second-order valence-electron chi connectivity index (χ2n) is 10.1. The molecule has 220 valence electrons. The predicted octanol–water partition coefficient (Wildman–Crippen LogP) is 6.72.